The number of amides is 1. The molecule has 0 bridgehead atoms. The molecule has 6 nitrogen and oxygen atoms in total. The summed E-state index contributed by atoms with van der Waals surface area (Å²) in [6.45, 7) is 4.41. The van der Waals surface area contributed by atoms with Gasteiger partial charge in [-0.05, 0) is 16.8 Å². The van der Waals surface area contributed by atoms with Crippen LogP contribution < -0.4 is 4.74 Å². The second-order valence-electron chi connectivity index (χ2n) is 7.12. The molecule has 3 aliphatic rings. The van der Waals surface area contributed by atoms with E-state index in [1.54, 1.807) is 5.06 Å². The van der Waals surface area contributed by atoms with Crippen LogP contribution in [0.5, 0.6) is 5.75 Å². The van der Waals surface area contributed by atoms with Gasteiger partial charge in [-0.25, -0.2) is 5.06 Å². The van der Waals surface area contributed by atoms with Gasteiger partial charge >= 0.3 is 0 Å². The van der Waals surface area contributed by atoms with E-state index in [0.717, 1.165) is 35.2 Å². The molecule has 0 aromatic heterocycles. The lowest BCUT2D eigenvalue weighted by molar-refractivity contribution is -0.179. The minimum atomic E-state index is -0.0848. The highest BCUT2D eigenvalue weighted by Crippen LogP contribution is 2.46. The number of fused-ring (bicyclic) bond motifs is 5. The molecular formula is C20H22N2O4. The number of hydrogen-bond donors (Lipinski definition) is 0. The Labute approximate surface area is 152 Å². The van der Waals surface area contributed by atoms with Gasteiger partial charge in [0.15, 0.2) is 0 Å². The smallest absolute Gasteiger partial charge is 0.260 e. The van der Waals surface area contributed by atoms with Gasteiger partial charge in [0.2, 0.25) is 0 Å². The van der Waals surface area contributed by atoms with Crippen LogP contribution in [-0.2, 0) is 14.4 Å². The second-order valence-corrected chi connectivity index (χ2v) is 7.12. The Balaban J connectivity index is 1.48. The van der Waals surface area contributed by atoms with Crippen LogP contribution in [-0.4, -0.2) is 61.9 Å². The van der Waals surface area contributed by atoms with Crippen molar-refractivity contribution in [3.63, 3.8) is 0 Å². The third-order valence-corrected chi connectivity index (χ3v) is 5.51. The quantitative estimate of drug-likeness (QED) is 0.826. The van der Waals surface area contributed by atoms with E-state index in [0.29, 0.717) is 33.0 Å². The Morgan fingerprint density at radius 3 is 2.81 bits per heavy atom. The zero-order valence-corrected chi connectivity index (χ0v) is 14.6. The fourth-order valence-electron chi connectivity index (χ4n) is 4.18. The summed E-state index contributed by atoms with van der Waals surface area (Å²) in [4.78, 5) is 21.0. The average Bonchev–Trinajstić information content (AvgIpc) is 3.13. The summed E-state index contributed by atoms with van der Waals surface area (Å²) in [7, 11) is 0. The largest absolute Gasteiger partial charge is 0.493 e. The van der Waals surface area contributed by atoms with Crippen molar-refractivity contribution in [2.75, 3.05) is 46.1 Å². The Morgan fingerprint density at radius 2 is 1.92 bits per heavy atom. The van der Waals surface area contributed by atoms with Crippen molar-refractivity contribution in [1.82, 2.24) is 9.96 Å². The van der Waals surface area contributed by atoms with Crippen LogP contribution in [0, 0.1) is 5.92 Å². The van der Waals surface area contributed by atoms with Crippen LogP contribution >= 0.6 is 0 Å². The maximum atomic E-state index is 13.0. The fraction of sp³-hybridized carbons (Fsp3) is 0.450. The molecule has 0 aliphatic carbocycles. The molecule has 0 unspecified atom stereocenters. The molecule has 2 aromatic rings. The Morgan fingerprint density at radius 1 is 1.08 bits per heavy atom. The number of rotatable bonds is 2. The number of carbonyl (C=O) groups excluding carboxylic acids is 1. The maximum absolute atomic E-state index is 13.0. The first kappa shape index (κ1) is 16.1. The van der Waals surface area contributed by atoms with Gasteiger partial charge in [-0.15, -0.1) is 0 Å². The van der Waals surface area contributed by atoms with Crippen molar-refractivity contribution < 1.29 is 19.1 Å². The molecule has 6 heteroatoms. The molecule has 2 aromatic carbocycles. The monoisotopic (exact) mass is 354 g/mol. The molecule has 2 fully saturated rings. The van der Waals surface area contributed by atoms with E-state index < -0.39 is 0 Å². The predicted octanol–water partition coefficient (Wildman–Crippen LogP) is 2.00. The zero-order valence-electron chi connectivity index (χ0n) is 14.6. The third-order valence-electron chi connectivity index (χ3n) is 5.51. The number of morpholine rings is 1. The summed E-state index contributed by atoms with van der Waals surface area (Å²) in [5.41, 5.74) is 1.08. The molecule has 2 saturated heterocycles. The lowest BCUT2D eigenvalue weighted by Gasteiger charge is -2.34. The van der Waals surface area contributed by atoms with E-state index >= 15 is 0 Å². The van der Waals surface area contributed by atoms with Gasteiger partial charge < -0.3 is 9.47 Å². The van der Waals surface area contributed by atoms with Crippen LogP contribution in [0.2, 0.25) is 0 Å². The van der Waals surface area contributed by atoms with E-state index in [1.165, 1.54) is 0 Å². The van der Waals surface area contributed by atoms with E-state index in [1.807, 2.05) is 18.2 Å². The Bertz CT molecular complexity index is 834. The molecule has 3 aliphatic heterocycles. The number of carbonyl (C=O) groups is 1. The van der Waals surface area contributed by atoms with Crippen molar-refractivity contribution in [1.29, 1.82) is 0 Å². The molecule has 0 spiro atoms. The molecule has 0 N–H and O–H groups in total. The van der Waals surface area contributed by atoms with E-state index in [-0.39, 0.29) is 17.9 Å². The highest BCUT2D eigenvalue weighted by Gasteiger charge is 2.45. The van der Waals surface area contributed by atoms with Crippen molar-refractivity contribution in [3.8, 4) is 5.75 Å². The van der Waals surface area contributed by atoms with Crippen LogP contribution in [0.3, 0.4) is 0 Å². The van der Waals surface area contributed by atoms with Gasteiger partial charge in [-0.2, -0.15) is 0 Å². The Hall–Kier alpha value is -2.15. The van der Waals surface area contributed by atoms with E-state index in [4.69, 9.17) is 14.3 Å². The molecule has 5 rings (SSSR count). The molecule has 136 valence electrons. The van der Waals surface area contributed by atoms with Crippen LogP contribution in [0.15, 0.2) is 36.4 Å². The second kappa shape index (κ2) is 6.54. The maximum Gasteiger partial charge on any atom is 0.260 e. The predicted molar refractivity (Wildman–Crippen MR) is 95.7 cm³/mol. The SMILES string of the molecule is O=C(CN1CCOCC1)N1OC[C@@H]2COc3ccc4ccccc4c3[C@@H]21. The standard InChI is InChI=1S/C20H22N2O4/c23-18(11-21-7-9-24-10-8-21)22-20-15(13-26-22)12-25-17-6-5-14-3-1-2-4-16(14)19(17)20/h1-6,15,20H,7-13H2/t15-,20+/m0/s1. The zero-order chi connectivity index (χ0) is 17.5. The lowest BCUT2D eigenvalue weighted by Crippen LogP contribution is -2.45. The first-order valence-corrected chi connectivity index (χ1v) is 9.21. The topological polar surface area (TPSA) is 51.2 Å². The highest BCUT2D eigenvalue weighted by atomic mass is 16.7. The van der Waals surface area contributed by atoms with Gasteiger partial charge in [0, 0.05) is 24.6 Å². The van der Waals surface area contributed by atoms with Crippen molar-refractivity contribution >= 4 is 16.7 Å². The van der Waals surface area contributed by atoms with Gasteiger partial charge in [0.25, 0.3) is 5.91 Å². The number of benzene rings is 2. The van der Waals surface area contributed by atoms with Crippen molar-refractivity contribution in [2.24, 2.45) is 5.92 Å². The normalized spacial score (nSPS) is 25.6. The number of hydrogen-bond acceptors (Lipinski definition) is 5. The number of hydroxylamine groups is 2. The first-order valence-electron chi connectivity index (χ1n) is 9.21. The fourth-order valence-corrected chi connectivity index (χ4v) is 4.18. The molecule has 0 radical (unpaired) electrons. The van der Waals surface area contributed by atoms with Gasteiger partial charge in [0.1, 0.15) is 5.75 Å². The van der Waals surface area contributed by atoms with E-state index in [9.17, 15) is 4.79 Å². The van der Waals surface area contributed by atoms with Crippen LogP contribution in [0.4, 0.5) is 0 Å². The summed E-state index contributed by atoms with van der Waals surface area (Å²) in [5, 5.41) is 3.89. The number of ether oxygens (including phenoxy) is 2. The lowest BCUT2D eigenvalue weighted by atomic mass is 9.88. The molecule has 2 atom stereocenters. The first-order chi connectivity index (χ1) is 12.8. The third kappa shape index (κ3) is 2.65. The van der Waals surface area contributed by atoms with Gasteiger partial charge in [-0.3, -0.25) is 14.5 Å². The summed E-state index contributed by atoms with van der Waals surface area (Å²) in [6, 6.07) is 12.3. The van der Waals surface area contributed by atoms with Gasteiger partial charge in [-0.1, -0.05) is 30.3 Å². The Kier molecular flexibility index (Phi) is 4.04. The number of nitrogens with zero attached hydrogens (tertiary/aromatic N) is 2. The molecular weight excluding hydrogens is 332 g/mol. The average molecular weight is 354 g/mol. The van der Waals surface area contributed by atoms with Gasteiger partial charge in [0.05, 0.1) is 39.0 Å². The minimum Gasteiger partial charge on any atom is -0.493 e. The molecule has 0 saturated carbocycles. The highest BCUT2D eigenvalue weighted by molar-refractivity contribution is 5.89. The summed E-state index contributed by atoms with van der Waals surface area (Å²) < 4.78 is 11.4. The summed E-state index contributed by atoms with van der Waals surface area (Å²) in [6.07, 6.45) is 0. The van der Waals surface area contributed by atoms with Crippen molar-refractivity contribution in [2.45, 2.75) is 6.04 Å². The van der Waals surface area contributed by atoms with Crippen LogP contribution in [0.25, 0.3) is 10.8 Å². The molecule has 26 heavy (non-hydrogen) atoms. The van der Waals surface area contributed by atoms with E-state index in [2.05, 4.69) is 23.1 Å². The summed E-state index contributed by atoms with van der Waals surface area (Å²) >= 11 is 0. The molecule has 1 amide bonds. The summed E-state index contributed by atoms with van der Waals surface area (Å²) in [5.74, 6) is 1.04. The van der Waals surface area contributed by atoms with Crippen LogP contribution in [0.1, 0.15) is 11.6 Å². The molecule has 3 heterocycles. The van der Waals surface area contributed by atoms with Crippen molar-refractivity contribution in [3.05, 3.63) is 42.0 Å². The minimum absolute atomic E-state index is 0.0141.